The fourth-order valence-corrected chi connectivity index (χ4v) is 4.71. The Labute approximate surface area is 157 Å². The second-order valence-electron chi connectivity index (χ2n) is 8.54. The van der Waals surface area contributed by atoms with E-state index in [0.29, 0.717) is 31.5 Å². The van der Waals surface area contributed by atoms with Gasteiger partial charge in [0.05, 0.1) is 12.5 Å². The van der Waals surface area contributed by atoms with Crippen LogP contribution in [0.1, 0.15) is 52.4 Å². The third-order valence-corrected chi connectivity index (χ3v) is 6.63. The average Bonchev–Trinajstić information content (AvgIpc) is 2.94. The first kappa shape index (κ1) is 19.5. The Bertz CT molecular complexity index is 512. The van der Waals surface area contributed by atoms with E-state index >= 15 is 0 Å². The lowest BCUT2D eigenvalue weighted by Crippen LogP contribution is -2.51. The van der Waals surface area contributed by atoms with Crippen molar-refractivity contribution >= 4 is 12.0 Å². The molecule has 3 heterocycles. The Kier molecular flexibility index (Phi) is 6.10. The van der Waals surface area contributed by atoms with Crippen molar-refractivity contribution in [2.45, 2.75) is 58.0 Å². The molecule has 3 rings (SSSR count). The number of nitrogens with zero attached hydrogens (tertiary/aromatic N) is 3. The molecule has 0 aliphatic carbocycles. The largest absolute Gasteiger partial charge is 0.441 e. The molecular weight excluding hydrogens is 330 g/mol. The molecule has 1 spiro atoms. The van der Waals surface area contributed by atoms with Crippen molar-refractivity contribution in [3.8, 4) is 0 Å². The van der Waals surface area contributed by atoms with Gasteiger partial charge in [0.1, 0.15) is 5.60 Å². The molecule has 0 saturated carbocycles. The van der Waals surface area contributed by atoms with Gasteiger partial charge in [0.25, 0.3) is 0 Å². The van der Waals surface area contributed by atoms with Crippen LogP contribution in [0.2, 0.25) is 0 Å². The topological polar surface area (TPSA) is 53.1 Å². The summed E-state index contributed by atoms with van der Waals surface area (Å²) in [4.78, 5) is 31.3. The fraction of sp³-hybridized carbons (Fsp3) is 0.900. The van der Waals surface area contributed by atoms with E-state index in [4.69, 9.17) is 4.74 Å². The van der Waals surface area contributed by atoms with E-state index < -0.39 is 0 Å². The average molecular weight is 366 g/mol. The highest BCUT2D eigenvalue weighted by atomic mass is 16.6. The van der Waals surface area contributed by atoms with Gasteiger partial charge in [-0.25, -0.2) is 4.79 Å². The molecule has 0 N–H and O–H groups in total. The number of piperidine rings is 2. The highest BCUT2D eigenvalue weighted by Crippen LogP contribution is 2.34. The smallest absolute Gasteiger partial charge is 0.410 e. The number of hydrogen-bond acceptors (Lipinski definition) is 4. The maximum absolute atomic E-state index is 12.8. The van der Waals surface area contributed by atoms with Crippen LogP contribution in [-0.4, -0.2) is 78.6 Å². The summed E-state index contributed by atoms with van der Waals surface area (Å²) in [6.07, 6.45) is 5.66. The molecule has 6 heteroatoms. The van der Waals surface area contributed by atoms with Crippen LogP contribution >= 0.6 is 0 Å². The maximum Gasteiger partial charge on any atom is 0.410 e. The number of hydrogen-bond donors (Lipinski definition) is 0. The van der Waals surface area contributed by atoms with E-state index in [1.807, 2.05) is 9.80 Å². The zero-order valence-electron chi connectivity index (χ0n) is 16.7. The van der Waals surface area contributed by atoms with Crippen LogP contribution in [0.5, 0.6) is 0 Å². The van der Waals surface area contributed by atoms with E-state index in [2.05, 4.69) is 25.8 Å². The van der Waals surface area contributed by atoms with Crippen LogP contribution in [0, 0.1) is 11.8 Å². The molecule has 0 bridgehead atoms. The molecular formula is C20H35N3O3. The van der Waals surface area contributed by atoms with Crippen LogP contribution in [-0.2, 0) is 9.53 Å². The summed E-state index contributed by atoms with van der Waals surface area (Å²) in [5.74, 6) is 0.979. The number of likely N-dealkylation sites (tertiary alicyclic amines) is 2. The molecule has 0 radical (unpaired) electrons. The summed E-state index contributed by atoms with van der Waals surface area (Å²) in [7, 11) is 2.09. The Morgan fingerprint density at radius 3 is 2.54 bits per heavy atom. The van der Waals surface area contributed by atoms with E-state index in [9.17, 15) is 9.59 Å². The summed E-state index contributed by atoms with van der Waals surface area (Å²) in [6, 6.07) is 0. The lowest BCUT2D eigenvalue weighted by Gasteiger charge is -2.40. The van der Waals surface area contributed by atoms with Crippen LogP contribution in [0.3, 0.4) is 0 Å². The maximum atomic E-state index is 12.8. The van der Waals surface area contributed by atoms with Crippen molar-refractivity contribution in [3.05, 3.63) is 0 Å². The fourth-order valence-electron chi connectivity index (χ4n) is 4.71. The summed E-state index contributed by atoms with van der Waals surface area (Å²) < 4.78 is 5.82. The SMILES string of the molecule is CCC(CC)CN1CC2(CCN(C(=O)[C@H]3CCCN(C)C3)CC2)OC1=O. The van der Waals surface area contributed by atoms with Gasteiger partial charge in [0.15, 0.2) is 0 Å². The van der Waals surface area contributed by atoms with Crippen molar-refractivity contribution in [3.63, 3.8) is 0 Å². The third kappa shape index (κ3) is 4.16. The molecule has 0 aromatic heterocycles. The first-order chi connectivity index (χ1) is 12.5. The first-order valence-electron chi connectivity index (χ1n) is 10.4. The standard InChI is InChI=1S/C20H35N3O3/c1-4-16(5-2)13-23-15-20(26-19(23)25)8-11-22(12-9-20)18(24)17-7-6-10-21(3)14-17/h16-17H,4-15H2,1-3H3/t17-/m0/s1. The van der Waals surface area contributed by atoms with Crippen LogP contribution in [0.4, 0.5) is 4.79 Å². The molecule has 3 fully saturated rings. The van der Waals surface area contributed by atoms with Crippen LogP contribution < -0.4 is 0 Å². The highest BCUT2D eigenvalue weighted by molar-refractivity contribution is 5.79. The van der Waals surface area contributed by atoms with Gasteiger partial charge in [-0.15, -0.1) is 0 Å². The predicted octanol–water partition coefficient (Wildman–Crippen LogP) is 2.58. The Hall–Kier alpha value is -1.30. The Balaban J connectivity index is 1.53. The minimum absolute atomic E-state index is 0.139. The van der Waals surface area contributed by atoms with Gasteiger partial charge in [-0.2, -0.15) is 0 Å². The van der Waals surface area contributed by atoms with Gasteiger partial charge >= 0.3 is 6.09 Å². The first-order valence-corrected chi connectivity index (χ1v) is 10.4. The molecule has 0 aromatic carbocycles. The van der Waals surface area contributed by atoms with E-state index in [1.165, 1.54) is 0 Å². The van der Waals surface area contributed by atoms with Gasteiger partial charge in [-0.1, -0.05) is 26.7 Å². The number of carbonyl (C=O) groups excluding carboxylic acids is 2. The van der Waals surface area contributed by atoms with Crippen molar-refractivity contribution in [1.29, 1.82) is 0 Å². The number of amides is 2. The molecule has 0 unspecified atom stereocenters. The van der Waals surface area contributed by atoms with E-state index in [-0.39, 0.29) is 17.6 Å². The van der Waals surface area contributed by atoms with Gasteiger partial charge < -0.3 is 19.4 Å². The molecule has 6 nitrogen and oxygen atoms in total. The Morgan fingerprint density at radius 1 is 1.23 bits per heavy atom. The van der Waals surface area contributed by atoms with Gasteiger partial charge in [-0.05, 0) is 32.4 Å². The van der Waals surface area contributed by atoms with Crippen LogP contribution in [0.25, 0.3) is 0 Å². The lowest BCUT2D eigenvalue weighted by molar-refractivity contribution is -0.140. The van der Waals surface area contributed by atoms with Crippen molar-refractivity contribution in [2.24, 2.45) is 11.8 Å². The summed E-state index contributed by atoms with van der Waals surface area (Å²) in [5, 5.41) is 0. The quantitative estimate of drug-likeness (QED) is 0.751. The monoisotopic (exact) mass is 365 g/mol. The van der Waals surface area contributed by atoms with E-state index in [0.717, 1.165) is 58.2 Å². The molecule has 148 valence electrons. The number of carbonyl (C=O) groups is 2. The molecule has 26 heavy (non-hydrogen) atoms. The minimum atomic E-state index is -0.372. The zero-order valence-corrected chi connectivity index (χ0v) is 16.7. The molecule has 0 aromatic rings. The van der Waals surface area contributed by atoms with Gasteiger partial charge in [-0.3, -0.25) is 4.79 Å². The van der Waals surface area contributed by atoms with Gasteiger partial charge in [0, 0.05) is 39.0 Å². The lowest BCUT2D eigenvalue weighted by atomic mass is 9.89. The normalized spacial score (nSPS) is 26.6. The molecule has 3 aliphatic rings. The Morgan fingerprint density at radius 2 is 1.92 bits per heavy atom. The summed E-state index contributed by atoms with van der Waals surface area (Å²) >= 11 is 0. The molecule has 2 amide bonds. The predicted molar refractivity (Wildman–Crippen MR) is 101 cm³/mol. The molecule has 3 aliphatic heterocycles. The highest BCUT2D eigenvalue weighted by Gasteiger charge is 2.48. The van der Waals surface area contributed by atoms with Crippen LogP contribution in [0.15, 0.2) is 0 Å². The number of rotatable bonds is 5. The van der Waals surface area contributed by atoms with E-state index in [1.54, 1.807) is 0 Å². The minimum Gasteiger partial charge on any atom is -0.441 e. The van der Waals surface area contributed by atoms with Crippen molar-refractivity contribution in [2.75, 3.05) is 46.3 Å². The second kappa shape index (κ2) is 8.15. The third-order valence-electron chi connectivity index (χ3n) is 6.63. The second-order valence-corrected chi connectivity index (χ2v) is 8.54. The zero-order chi connectivity index (χ0) is 18.7. The number of ether oxygens (including phenoxy) is 1. The summed E-state index contributed by atoms with van der Waals surface area (Å²) in [5.41, 5.74) is -0.372. The summed E-state index contributed by atoms with van der Waals surface area (Å²) in [6.45, 7) is 9.24. The van der Waals surface area contributed by atoms with Gasteiger partial charge in [0.2, 0.25) is 5.91 Å². The van der Waals surface area contributed by atoms with Crippen molar-refractivity contribution < 1.29 is 14.3 Å². The van der Waals surface area contributed by atoms with Crippen molar-refractivity contribution in [1.82, 2.24) is 14.7 Å². The molecule has 1 atom stereocenters. The molecule has 3 saturated heterocycles.